The largest absolute Gasteiger partial charge is 0.383 e. The number of nitrogens with zero attached hydrogens (tertiary/aromatic N) is 3. The fraction of sp³-hybridized carbons (Fsp3) is 1.00. The predicted molar refractivity (Wildman–Crippen MR) is 76.2 cm³/mol. The summed E-state index contributed by atoms with van der Waals surface area (Å²) in [6.07, 6.45) is 0. The van der Waals surface area contributed by atoms with Crippen molar-refractivity contribution in [3.05, 3.63) is 0 Å². The topological polar surface area (TPSA) is 31.0 Å². The maximum absolute atomic E-state index is 5.06. The Hall–Kier alpha value is -0.200. The zero-order chi connectivity index (χ0) is 13.2. The molecule has 1 N–H and O–H groups in total. The number of nitrogens with one attached hydrogen (secondary N) is 1. The van der Waals surface area contributed by atoms with Crippen LogP contribution in [0.15, 0.2) is 0 Å². The van der Waals surface area contributed by atoms with Crippen LogP contribution in [0.3, 0.4) is 0 Å². The van der Waals surface area contributed by atoms with Crippen molar-refractivity contribution in [2.45, 2.75) is 0 Å². The first kappa shape index (κ1) is 15.9. The van der Waals surface area contributed by atoms with E-state index in [-0.39, 0.29) is 0 Å². The lowest BCUT2D eigenvalue weighted by Crippen LogP contribution is -2.46. The minimum absolute atomic E-state index is 0.817. The van der Waals surface area contributed by atoms with Gasteiger partial charge in [-0.15, -0.1) is 0 Å². The van der Waals surface area contributed by atoms with E-state index in [2.05, 4.69) is 34.1 Å². The van der Waals surface area contributed by atoms with Gasteiger partial charge in [-0.1, -0.05) is 0 Å². The number of methoxy groups -OCH3 is 1. The maximum Gasteiger partial charge on any atom is 0.0589 e. The third-order valence-corrected chi connectivity index (χ3v) is 3.55. The van der Waals surface area contributed by atoms with E-state index in [1.54, 1.807) is 7.11 Å². The molecule has 1 heterocycles. The van der Waals surface area contributed by atoms with Gasteiger partial charge in [-0.3, -0.25) is 4.90 Å². The van der Waals surface area contributed by atoms with E-state index in [1.165, 1.54) is 32.7 Å². The first-order valence-corrected chi connectivity index (χ1v) is 7.01. The van der Waals surface area contributed by atoms with Crippen molar-refractivity contribution in [2.24, 2.45) is 0 Å². The first-order chi connectivity index (χ1) is 8.72. The lowest BCUT2D eigenvalue weighted by molar-refractivity contribution is 0.152. The van der Waals surface area contributed by atoms with Gasteiger partial charge in [0.1, 0.15) is 0 Å². The minimum Gasteiger partial charge on any atom is -0.383 e. The molecule has 0 aromatic rings. The highest BCUT2D eigenvalue weighted by Crippen LogP contribution is 1.97. The SMILES string of the molecule is COCCN(C)CCNCCN1CCN(C)CC1. The standard InChI is InChI=1S/C13H30N4O/c1-15(12-13-18-3)6-4-14-5-7-17-10-8-16(2)9-11-17/h14H,4-13H2,1-3H3. The average molecular weight is 258 g/mol. The van der Waals surface area contributed by atoms with Gasteiger partial charge in [-0.05, 0) is 14.1 Å². The monoisotopic (exact) mass is 258 g/mol. The molecule has 1 fully saturated rings. The summed E-state index contributed by atoms with van der Waals surface area (Å²) in [5.41, 5.74) is 0. The molecule has 0 spiro atoms. The molecule has 18 heavy (non-hydrogen) atoms. The van der Waals surface area contributed by atoms with E-state index in [4.69, 9.17) is 4.74 Å². The van der Waals surface area contributed by atoms with Gasteiger partial charge in [-0.25, -0.2) is 0 Å². The summed E-state index contributed by atoms with van der Waals surface area (Å²) in [5, 5.41) is 3.51. The van der Waals surface area contributed by atoms with Crippen molar-refractivity contribution in [1.82, 2.24) is 20.0 Å². The van der Waals surface area contributed by atoms with Crippen LogP contribution in [0.5, 0.6) is 0 Å². The third kappa shape index (κ3) is 7.28. The van der Waals surface area contributed by atoms with Crippen LogP contribution >= 0.6 is 0 Å². The summed E-state index contributed by atoms with van der Waals surface area (Å²) in [6, 6.07) is 0. The molecular formula is C13H30N4O. The van der Waals surface area contributed by atoms with Gasteiger partial charge in [0.2, 0.25) is 0 Å². The molecule has 0 radical (unpaired) electrons. The van der Waals surface area contributed by atoms with Gasteiger partial charge in [0.15, 0.2) is 0 Å². The van der Waals surface area contributed by atoms with Crippen LogP contribution in [0.25, 0.3) is 0 Å². The summed E-state index contributed by atoms with van der Waals surface area (Å²) < 4.78 is 5.06. The molecule has 5 heteroatoms. The van der Waals surface area contributed by atoms with E-state index in [9.17, 15) is 0 Å². The lowest BCUT2D eigenvalue weighted by Gasteiger charge is -2.32. The van der Waals surface area contributed by atoms with Gasteiger partial charge >= 0.3 is 0 Å². The molecule has 108 valence electrons. The second-order valence-electron chi connectivity index (χ2n) is 5.19. The number of piperazine rings is 1. The Morgan fingerprint density at radius 3 is 2.50 bits per heavy atom. The van der Waals surface area contributed by atoms with Gasteiger partial charge in [0, 0.05) is 66.0 Å². The van der Waals surface area contributed by atoms with E-state index >= 15 is 0 Å². The fourth-order valence-corrected chi connectivity index (χ4v) is 2.06. The van der Waals surface area contributed by atoms with Crippen LogP contribution in [0, 0.1) is 0 Å². The molecule has 0 aromatic heterocycles. The number of rotatable bonds is 9. The van der Waals surface area contributed by atoms with Crippen LogP contribution in [0.2, 0.25) is 0 Å². The lowest BCUT2D eigenvalue weighted by atomic mass is 10.3. The molecule has 5 nitrogen and oxygen atoms in total. The molecule has 0 aromatic carbocycles. The zero-order valence-corrected chi connectivity index (χ0v) is 12.3. The number of ether oxygens (including phenoxy) is 1. The molecule has 0 atom stereocenters. The van der Waals surface area contributed by atoms with Crippen LogP contribution in [-0.4, -0.2) is 101 Å². The highest BCUT2D eigenvalue weighted by molar-refractivity contribution is 4.69. The molecule has 0 bridgehead atoms. The highest BCUT2D eigenvalue weighted by Gasteiger charge is 2.12. The van der Waals surface area contributed by atoms with E-state index < -0.39 is 0 Å². The summed E-state index contributed by atoms with van der Waals surface area (Å²) in [5.74, 6) is 0. The number of hydrogen-bond acceptors (Lipinski definition) is 5. The van der Waals surface area contributed by atoms with Crippen molar-refractivity contribution in [1.29, 1.82) is 0 Å². The van der Waals surface area contributed by atoms with Crippen LogP contribution in [0.1, 0.15) is 0 Å². The maximum atomic E-state index is 5.06. The molecule has 1 saturated heterocycles. The first-order valence-electron chi connectivity index (χ1n) is 7.01. The van der Waals surface area contributed by atoms with Crippen LogP contribution < -0.4 is 5.32 Å². The second-order valence-corrected chi connectivity index (χ2v) is 5.19. The van der Waals surface area contributed by atoms with Crippen molar-refractivity contribution >= 4 is 0 Å². The fourth-order valence-electron chi connectivity index (χ4n) is 2.06. The predicted octanol–water partition coefficient (Wildman–Crippen LogP) is -0.598. The molecule has 1 rings (SSSR count). The van der Waals surface area contributed by atoms with Crippen molar-refractivity contribution in [3.8, 4) is 0 Å². The second kappa shape index (κ2) is 9.69. The zero-order valence-electron chi connectivity index (χ0n) is 12.3. The number of likely N-dealkylation sites (N-methyl/N-ethyl adjacent to an activating group) is 2. The van der Waals surface area contributed by atoms with Crippen LogP contribution in [-0.2, 0) is 4.74 Å². The van der Waals surface area contributed by atoms with E-state index in [0.29, 0.717) is 0 Å². The summed E-state index contributed by atoms with van der Waals surface area (Å²) in [7, 11) is 6.09. The van der Waals surface area contributed by atoms with E-state index in [0.717, 1.165) is 32.8 Å². The van der Waals surface area contributed by atoms with Gasteiger partial charge < -0.3 is 19.9 Å². The van der Waals surface area contributed by atoms with Gasteiger partial charge in [-0.2, -0.15) is 0 Å². The highest BCUT2D eigenvalue weighted by atomic mass is 16.5. The average Bonchev–Trinajstić information content (AvgIpc) is 2.38. The Kier molecular flexibility index (Phi) is 8.54. The van der Waals surface area contributed by atoms with Gasteiger partial charge in [0.25, 0.3) is 0 Å². The van der Waals surface area contributed by atoms with Crippen LogP contribution in [0.4, 0.5) is 0 Å². The Labute approximate surface area is 112 Å². The van der Waals surface area contributed by atoms with Gasteiger partial charge in [0.05, 0.1) is 6.61 Å². The Balaban J connectivity index is 1.89. The molecule has 1 aliphatic heterocycles. The molecule has 0 aliphatic carbocycles. The summed E-state index contributed by atoms with van der Waals surface area (Å²) >= 11 is 0. The van der Waals surface area contributed by atoms with E-state index in [1.807, 2.05) is 0 Å². The van der Waals surface area contributed by atoms with Crippen molar-refractivity contribution in [2.75, 3.05) is 86.7 Å². The molecular weight excluding hydrogens is 228 g/mol. The smallest absolute Gasteiger partial charge is 0.0589 e. The number of hydrogen-bond donors (Lipinski definition) is 1. The molecule has 0 unspecified atom stereocenters. The molecule has 0 saturated carbocycles. The molecule has 1 aliphatic rings. The Bertz CT molecular complexity index is 195. The Morgan fingerprint density at radius 2 is 1.83 bits per heavy atom. The summed E-state index contributed by atoms with van der Waals surface area (Å²) in [4.78, 5) is 7.24. The molecule has 0 amide bonds. The summed E-state index contributed by atoms with van der Waals surface area (Å²) in [6.45, 7) is 11.1. The Morgan fingerprint density at radius 1 is 1.11 bits per heavy atom. The van der Waals surface area contributed by atoms with Crippen molar-refractivity contribution in [3.63, 3.8) is 0 Å². The van der Waals surface area contributed by atoms with Crippen molar-refractivity contribution < 1.29 is 4.74 Å². The normalized spacial score (nSPS) is 18.7. The quantitative estimate of drug-likeness (QED) is 0.558. The minimum atomic E-state index is 0.817. The third-order valence-electron chi connectivity index (χ3n) is 3.55.